The van der Waals surface area contributed by atoms with Crippen molar-refractivity contribution in [3.8, 4) is 5.88 Å². The van der Waals surface area contributed by atoms with Gasteiger partial charge in [0.1, 0.15) is 18.4 Å². The summed E-state index contributed by atoms with van der Waals surface area (Å²) in [6.45, 7) is 1.24. The Labute approximate surface area is 96.8 Å². The molecule has 0 N–H and O–H groups in total. The third-order valence-corrected chi connectivity index (χ3v) is 2.67. The SMILES string of the molecule is COC(=O)CCc1nsnc1OCC1CO1. The van der Waals surface area contributed by atoms with Crippen molar-refractivity contribution < 1.29 is 19.0 Å². The molecule has 88 valence electrons. The standard InChI is InChI=1S/C9H12N2O4S/c1-13-8(12)3-2-7-9(11-16-10-7)15-5-6-4-14-6/h6H,2-5H2,1H3. The van der Waals surface area contributed by atoms with Gasteiger partial charge in [0.05, 0.1) is 31.9 Å². The normalized spacial score (nSPS) is 18.2. The van der Waals surface area contributed by atoms with E-state index < -0.39 is 0 Å². The molecule has 0 aromatic carbocycles. The van der Waals surface area contributed by atoms with Crippen LogP contribution in [0.25, 0.3) is 0 Å². The van der Waals surface area contributed by atoms with Gasteiger partial charge in [-0.2, -0.15) is 4.37 Å². The topological polar surface area (TPSA) is 73.8 Å². The van der Waals surface area contributed by atoms with E-state index in [1.165, 1.54) is 7.11 Å². The van der Waals surface area contributed by atoms with Crippen molar-refractivity contribution in [2.45, 2.75) is 18.9 Å². The van der Waals surface area contributed by atoms with Crippen molar-refractivity contribution in [1.29, 1.82) is 0 Å². The van der Waals surface area contributed by atoms with Crippen LogP contribution in [-0.4, -0.2) is 41.1 Å². The van der Waals surface area contributed by atoms with Crippen LogP contribution in [-0.2, 0) is 20.7 Å². The van der Waals surface area contributed by atoms with Crippen LogP contribution in [0.1, 0.15) is 12.1 Å². The van der Waals surface area contributed by atoms with Crippen molar-refractivity contribution >= 4 is 17.7 Å². The maximum absolute atomic E-state index is 11.0. The summed E-state index contributed by atoms with van der Waals surface area (Å²) in [5, 5.41) is 0. The predicted octanol–water partition coefficient (Wildman–Crippen LogP) is 0.421. The van der Waals surface area contributed by atoms with Crippen LogP contribution in [0, 0.1) is 0 Å². The van der Waals surface area contributed by atoms with E-state index in [0.717, 1.165) is 18.3 Å². The van der Waals surface area contributed by atoms with Gasteiger partial charge in [-0.3, -0.25) is 4.79 Å². The average molecular weight is 244 g/mol. The highest BCUT2D eigenvalue weighted by Crippen LogP contribution is 2.19. The van der Waals surface area contributed by atoms with Gasteiger partial charge in [-0.25, -0.2) is 0 Å². The van der Waals surface area contributed by atoms with E-state index in [4.69, 9.17) is 9.47 Å². The average Bonchev–Trinajstić information content (AvgIpc) is 3.02. The lowest BCUT2D eigenvalue weighted by atomic mass is 10.2. The zero-order valence-corrected chi connectivity index (χ0v) is 9.66. The van der Waals surface area contributed by atoms with E-state index in [1.807, 2.05) is 0 Å². The Morgan fingerprint density at radius 2 is 2.44 bits per heavy atom. The molecular formula is C9H12N2O4S. The minimum Gasteiger partial charge on any atom is -0.473 e. The first-order chi connectivity index (χ1) is 7.79. The van der Waals surface area contributed by atoms with Crippen LogP contribution < -0.4 is 4.74 Å². The van der Waals surface area contributed by atoms with E-state index in [0.29, 0.717) is 24.6 Å². The molecular weight excluding hydrogens is 232 g/mol. The molecule has 0 spiro atoms. The van der Waals surface area contributed by atoms with Gasteiger partial charge in [-0.05, 0) is 0 Å². The molecule has 1 atom stereocenters. The minimum atomic E-state index is -0.260. The number of hydrogen-bond acceptors (Lipinski definition) is 7. The summed E-state index contributed by atoms with van der Waals surface area (Å²) in [4.78, 5) is 11.0. The highest BCUT2D eigenvalue weighted by atomic mass is 32.1. The van der Waals surface area contributed by atoms with Crippen LogP contribution in [0.15, 0.2) is 0 Å². The lowest BCUT2D eigenvalue weighted by Gasteiger charge is -2.02. The molecule has 1 fully saturated rings. The van der Waals surface area contributed by atoms with E-state index in [-0.39, 0.29) is 18.5 Å². The molecule has 0 saturated carbocycles. The summed E-state index contributed by atoms with van der Waals surface area (Å²) in [5.74, 6) is 0.244. The molecule has 1 aromatic heterocycles. The van der Waals surface area contributed by atoms with E-state index >= 15 is 0 Å². The fourth-order valence-electron chi connectivity index (χ4n) is 1.12. The van der Waals surface area contributed by atoms with E-state index in [1.54, 1.807) is 0 Å². The summed E-state index contributed by atoms with van der Waals surface area (Å²) in [5.41, 5.74) is 0.705. The second-order valence-corrected chi connectivity index (χ2v) is 3.89. The van der Waals surface area contributed by atoms with Gasteiger partial charge in [-0.1, -0.05) is 0 Å². The number of carbonyl (C=O) groups excluding carboxylic acids is 1. The number of epoxide rings is 1. The molecule has 0 bridgehead atoms. The van der Waals surface area contributed by atoms with Crippen molar-refractivity contribution in [1.82, 2.24) is 8.75 Å². The van der Waals surface area contributed by atoms with Gasteiger partial charge in [-0.15, -0.1) is 4.37 Å². The largest absolute Gasteiger partial charge is 0.473 e. The lowest BCUT2D eigenvalue weighted by molar-refractivity contribution is -0.140. The zero-order chi connectivity index (χ0) is 11.4. The molecule has 0 amide bonds. The molecule has 1 unspecified atom stereocenters. The third-order valence-electron chi connectivity index (χ3n) is 2.12. The minimum absolute atomic E-state index is 0.190. The van der Waals surface area contributed by atoms with Crippen LogP contribution in [0.4, 0.5) is 0 Å². The Balaban J connectivity index is 1.82. The van der Waals surface area contributed by atoms with Crippen LogP contribution >= 0.6 is 11.7 Å². The molecule has 0 aliphatic carbocycles. The van der Waals surface area contributed by atoms with Crippen LogP contribution in [0.2, 0.25) is 0 Å². The van der Waals surface area contributed by atoms with Crippen LogP contribution in [0.3, 0.4) is 0 Å². The number of hydrogen-bond donors (Lipinski definition) is 0. The second-order valence-electron chi connectivity index (χ2n) is 3.36. The van der Waals surface area contributed by atoms with Gasteiger partial charge < -0.3 is 14.2 Å². The number of nitrogens with zero attached hydrogens (tertiary/aromatic N) is 2. The third kappa shape index (κ3) is 3.14. The number of rotatable bonds is 6. The molecule has 0 radical (unpaired) electrons. The van der Waals surface area contributed by atoms with Gasteiger partial charge in [0.15, 0.2) is 0 Å². The summed E-state index contributed by atoms with van der Waals surface area (Å²) < 4.78 is 23.1. The summed E-state index contributed by atoms with van der Waals surface area (Å²) in [6, 6.07) is 0. The Bertz CT molecular complexity index is 364. The molecule has 1 aliphatic rings. The molecule has 1 aliphatic heterocycles. The first-order valence-electron chi connectivity index (χ1n) is 4.92. The molecule has 1 saturated heterocycles. The van der Waals surface area contributed by atoms with Gasteiger partial charge >= 0.3 is 5.97 Å². The van der Waals surface area contributed by atoms with Crippen LogP contribution in [0.5, 0.6) is 5.88 Å². The smallest absolute Gasteiger partial charge is 0.305 e. The fraction of sp³-hybridized carbons (Fsp3) is 0.667. The summed E-state index contributed by atoms with van der Waals surface area (Å²) in [7, 11) is 1.36. The number of methoxy groups -OCH3 is 1. The van der Waals surface area contributed by atoms with Gasteiger partial charge in [0.25, 0.3) is 0 Å². The maximum Gasteiger partial charge on any atom is 0.305 e. The Morgan fingerprint density at radius 1 is 1.62 bits per heavy atom. The van der Waals surface area contributed by atoms with Gasteiger partial charge in [0.2, 0.25) is 5.88 Å². The Kier molecular flexibility index (Phi) is 3.68. The number of aromatic nitrogens is 2. The summed E-state index contributed by atoms with van der Waals surface area (Å²) >= 11 is 1.08. The lowest BCUT2D eigenvalue weighted by Crippen LogP contribution is -2.07. The number of ether oxygens (including phenoxy) is 3. The molecule has 2 rings (SSSR count). The van der Waals surface area contributed by atoms with E-state index in [9.17, 15) is 4.79 Å². The van der Waals surface area contributed by atoms with Crippen molar-refractivity contribution in [2.24, 2.45) is 0 Å². The molecule has 1 aromatic rings. The first kappa shape index (κ1) is 11.3. The highest BCUT2D eigenvalue weighted by molar-refractivity contribution is 6.99. The molecule has 16 heavy (non-hydrogen) atoms. The second kappa shape index (κ2) is 5.22. The highest BCUT2D eigenvalue weighted by Gasteiger charge is 2.24. The number of aryl methyl sites for hydroxylation is 1. The molecule has 7 heteroatoms. The number of carbonyl (C=O) groups is 1. The van der Waals surface area contributed by atoms with Crippen molar-refractivity contribution in [3.63, 3.8) is 0 Å². The Hall–Kier alpha value is -1.21. The van der Waals surface area contributed by atoms with Crippen molar-refractivity contribution in [2.75, 3.05) is 20.3 Å². The van der Waals surface area contributed by atoms with Gasteiger partial charge in [0, 0.05) is 6.42 Å². The fourth-order valence-corrected chi connectivity index (χ4v) is 1.66. The molecule has 6 nitrogen and oxygen atoms in total. The Morgan fingerprint density at radius 3 is 3.12 bits per heavy atom. The number of esters is 1. The zero-order valence-electron chi connectivity index (χ0n) is 8.84. The molecule has 2 heterocycles. The quantitative estimate of drug-likeness (QED) is 0.533. The monoisotopic (exact) mass is 244 g/mol. The maximum atomic E-state index is 11.0. The van der Waals surface area contributed by atoms with Crippen molar-refractivity contribution in [3.05, 3.63) is 5.69 Å². The van der Waals surface area contributed by atoms with E-state index in [2.05, 4.69) is 13.5 Å². The first-order valence-corrected chi connectivity index (χ1v) is 5.65. The summed E-state index contributed by atoms with van der Waals surface area (Å²) in [6.07, 6.45) is 0.970. The predicted molar refractivity (Wildman–Crippen MR) is 55.5 cm³/mol.